The molecule has 142 valence electrons. The molecule has 0 radical (unpaired) electrons. The zero-order chi connectivity index (χ0) is 19.9. The van der Waals surface area contributed by atoms with Gasteiger partial charge in [-0.1, -0.05) is 79.1 Å². The summed E-state index contributed by atoms with van der Waals surface area (Å²) in [6.07, 6.45) is 2.33. The van der Waals surface area contributed by atoms with Gasteiger partial charge in [-0.05, 0) is 30.0 Å². The van der Waals surface area contributed by atoms with E-state index < -0.39 is 20.8 Å². The van der Waals surface area contributed by atoms with Crippen molar-refractivity contribution >= 4 is 27.8 Å². The second kappa shape index (κ2) is 10.5. The number of rotatable bonds is 4. The molecule has 0 fully saturated rings. The van der Waals surface area contributed by atoms with Crippen molar-refractivity contribution in [3.63, 3.8) is 0 Å². The molecule has 0 aliphatic carbocycles. The average Bonchev–Trinajstić information content (AvgIpc) is 3.12. The topological polar surface area (TPSA) is 0 Å². The number of benzene rings is 3. The Morgan fingerprint density at radius 3 is 2.18 bits per heavy atom. The van der Waals surface area contributed by atoms with Gasteiger partial charge in [-0.3, -0.25) is 0 Å². The average molecular weight is 486 g/mol. The minimum absolute atomic E-state index is 0.826. The van der Waals surface area contributed by atoms with Crippen molar-refractivity contribution in [2.75, 3.05) is 0 Å². The van der Waals surface area contributed by atoms with E-state index in [0.29, 0.717) is 0 Å². The second-order valence-corrected chi connectivity index (χ2v) is 10.6. The van der Waals surface area contributed by atoms with Crippen molar-refractivity contribution in [3.8, 4) is 22.3 Å². The summed E-state index contributed by atoms with van der Waals surface area (Å²) in [5, 5.41) is 2.73. The van der Waals surface area contributed by atoms with Crippen molar-refractivity contribution in [1.82, 2.24) is 0 Å². The molecule has 0 aromatic heterocycles. The fourth-order valence-corrected chi connectivity index (χ4v) is 3.81. The zero-order valence-electron chi connectivity index (χ0n) is 16.2. The van der Waals surface area contributed by atoms with E-state index in [1.165, 1.54) is 50.6 Å². The number of hydrogen-bond acceptors (Lipinski definition) is 0. The number of aryl methyl sites for hydroxylation is 2. The molecule has 0 saturated heterocycles. The predicted octanol–water partition coefficient (Wildman–Crippen LogP) is 8.53. The maximum absolute atomic E-state index is 4.93. The molecule has 4 aromatic carbocycles. The van der Waals surface area contributed by atoms with Crippen molar-refractivity contribution in [3.05, 3.63) is 90.0 Å². The molecule has 4 aromatic rings. The van der Waals surface area contributed by atoms with Gasteiger partial charge in [-0.25, -0.2) is 0 Å². The van der Waals surface area contributed by atoms with Gasteiger partial charge in [0.15, 0.2) is 0 Å². The Morgan fingerprint density at radius 2 is 1.50 bits per heavy atom. The first-order valence-electron chi connectivity index (χ1n) is 9.49. The van der Waals surface area contributed by atoms with Gasteiger partial charge in [0.2, 0.25) is 0 Å². The number of halogens is 2. The third kappa shape index (κ3) is 4.83. The van der Waals surface area contributed by atoms with E-state index in [4.69, 9.17) is 17.0 Å². The van der Waals surface area contributed by atoms with Gasteiger partial charge in [-0.2, -0.15) is 6.07 Å². The van der Waals surface area contributed by atoms with Crippen LogP contribution in [0.5, 0.6) is 0 Å². The maximum atomic E-state index is 4.93. The fourth-order valence-electron chi connectivity index (χ4n) is 3.81. The molecular formula is C25H23Cl2Zr-. The second-order valence-electron chi connectivity index (χ2n) is 6.86. The minimum atomic E-state index is -0.826. The Balaban J connectivity index is 0.000000706. The van der Waals surface area contributed by atoms with Crippen LogP contribution in [0.4, 0.5) is 0 Å². The van der Waals surface area contributed by atoms with Crippen LogP contribution in [0, 0.1) is 6.92 Å². The van der Waals surface area contributed by atoms with Crippen molar-refractivity contribution in [2.24, 2.45) is 0 Å². The van der Waals surface area contributed by atoms with Gasteiger partial charge in [0, 0.05) is 0 Å². The molecule has 0 unspecified atom stereocenters. The van der Waals surface area contributed by atoms with E-state index in [9.17, 15) is 0 Å². The van der Waals surface area contributed by atoms with E-state index >= 15 is 0 Å². The first-order valence-corrected chi connectivity index (χ1v) is 15.8. The van der Waals surface area contributed by atoms with Crippen LogP contribution in [-0.4, -0.2) is 0 Å². The summed E-state index contributed by atoms with van der Waals surface area (Å²) in [6, 6.07) is 28.7. The van der Waals surface area contributed by atoms with Gasteiger partial charge in [0.1, 0.15) is 0 Å². The molecular weight excluding hydrogens is 462 g/mol. The summed E-state index contributed by atoms with van der Waals surface area (Å²) in [5.41, 5.74) is 8.06. The fraction of sp³-hybridized carbons (Fsp3) is 0.160. The van der Waals surface area contributed by atoms with Gasteiger partial charge in [0.25, 0.3) is 0 Å². The Bertz CT molecular complexity index is 1040. The quantitative estimate of drug-likeness (QED) is 0.254. The van der Waals surface area contributed by atoms with Gasteiger partial charge < -0.3 is 0 Å². The third-order valence-electron chi connectivity index (χ3n) is 4.98. The Kier molecular flexibility index (Phi) is 8.04. The van der Waals surface area contributed by atoms with E-state index in [-0.39, 0.29) is 0 Å². The van der Waals surface area contributed by atoms with E-state index in [1.807, 2.05) is 0 Å². The standard InChI is InChI=1S/C25H23.2ClH.Zr/c1-3-9-19-16-21-15-14-18(2)25(24(21)17-19)23-13-8-7-12-22(23)20-10-5-4-6-11-20;;;/h4-8,10-17H,3,9H2,1-2H3;2*1H;/q-1;;;+2/p-2. The molecule has 0 amide bonds. The molecule has 28 heavy (non-hydrogen) atoms. The molecule has 0 nitrogen and oxygen atoms in total. The summed E-state index contributed by atoms with van der Waals surface area (Å²) < 4.78 is 0. The van der Waals surface area contributed by atoms with E-state index in [2.05, 4.69) is 92.7 Å². The van der Waals surface area contributed by atoms with Crippen molar-refractivity contribution in [2.45, 2.75) is 26.7 Å². The number of hydrogen-bond donors (Lipinski definition) is 0. The molecule has 0 aliphatic rings. The zero-order valence-corrected chi connectivity index (χ0v) is 20.1. The van der Waals surface area contributed by atoms with Gasteiger partial charge in [-0.15, -0.1) is 34.5 Å². The van der Waals surface area contributed by atoms with Crippen LogP contribution < -0.4 is 0 Å². The Hall–Kier alpha value is -1.27. The van der Waals surface area contributed by atoms with Crippen LogP contribution in [-0.2, 0) is 27.3 Å². The van der Waals surface area contributed by atoms with Crippen LogP contribution in [0.3, 0.4) is 0 Å². The molecule has 0 heterocycles. The third-order valence-corrected chi connectivity index (χ3v) is 4.98. The summed E-state index contributed by atoms with van der Waals surface area (Å²) in [4.78, 5) is 0. The van der Waals surface area contributed by atoms with Crippen LogP contribution in [0.2, 0.25) is 0 Å². The molecule has 0 atom stereocenters. The molecule has 0 aliphatic heterocycles. The van der Waals surface area contributed by atoms with Crippen molar-refractivity contribution in [1.29, 1.82) is 0 Å². The summed E-state index contributed by atoms with van der Waals surface area (Å²) in [5.74, 6) is 0. The summed E-state index contributed by atoms with van der Waals surface area (Å²) in [7, 11) is 9.87. The SMILES string of the molecule is CCCc1cc2c(-c3ccccc3-c3ccccc3)c(C)ccc2[cH-]1.[Cl][Zr][Cl]. The Labute approximate surface area is 186 Å². The molecule has 0 N–H and O–H groups in total. The molecule has 0 bridgehead atoms. The molecule has 4 rings (SSSR count). The van der Waals surface area contributed by atoms with E-state index in [0.717, 1.165) is 6.42 Å². The summed E-state index contributed by atoms with van der Waals surface area (Å²) in [6.45, 7) is 4.47. The van der Waals surface area contributed by atoms with Crippen molar-refractivity contribution < 1.29 is 20.8 Å². The van der Waals surface area contributed by atoms with Gasteiger partial charge >= 0.3 is 37.9 Å². The van der Waals surface area contributed by atoms with E-state index in [1.54, 1.807) is 0 Å². The Morgan fingerprint density at radius 1 is 0.857 bits per heavy atom. The van der Waals surface area contributed by atoms with Crippen LogP contribution in [0.1, 0.15) is 24.5 Å². The summed E-state index contributed by atoms with van der Waals surface area (Å²) >= 11 is -0.826. The molecule has 0 spiro atoms. The van der Waals surface area contributed by atoms with Crippen LogP contribution in [0.25, 0.3) is 33.0 Å². The van der Waals surface area contributed by atoms with Gasteiger partial charge in [0.05, 0.1) is 0 Å². The predicted molar refractivity (Wildman–Crippen MR) is 121 cm³/mol. The molecule has 3 heteroatoms. The van der Waals surface area contributed by atoms with Crippen LogP contribution >= 0.6 is 17.0 Å². The monoisotopic (exact) mass is 483 g/mol. The first-order chi connectivity index (χ1) is 13.7. The number of fused-ring (bicyclic) bond motifs is 1. The molecule has 0 saturated carbocycles. The van der Waals surface area contributed by atoms with Crippen LogP contribution in [0.15, 0.2) is 78.9 Å². The normalized spacial score (nSPS) is 10.4. The first kappa shape index (κ1) is 21.4.